The lowest BCUT2D eigenvalue weighted by Gasteiger charge is -2.11. The number of hydrogen-bond donors (Lipinski definition) is 2. The number of benzene rings is 3. The summed E-state index contributed by atoms with van der Waals surface area (Å²) in [7, 11) is 1.53. The molecule has 11 heteroatoms. The van der Waals surface area contributed by atoms with Gasteiger partial charge in [0.15, 0.2) is 11.5 Å². The van der Waals surface area contributed by atoms with E-state index in [-0.39, 0.29) is 31.3 Å². The summed E-state index contributed by atoms with van der Waals surface area (Å²) in [6.07, 6.45) is 2.14. The van der Waals surface area contributed by atoms with E-state index in [1.54, 1.807) is 48.5 Å². The monoisotopic (exact) mass is 581 g/mol. The van der Waals surface area contributed by atoms with Crippen molar-refractivity contribution in [1.29, 1.82) is 0 Å². The number of halogens is 4. The van der Waals surface area contributed by atoms with Crippen molar-refractivity contribution in [3.63, 3.8) is 0 Å². The molecule has 2 N–H and O–H groups in total. The summed E-state index contributed by atoms with van der Waals surface area (Å²) in [5.74, 6) is 0.493. The highest BCUT2D eigenvalue weighted by molar-refractivity contribution is 6.42. The summed E-state index contributed by atoms with van der Waals surface area (Å²) >= 11 is 23.8. The third kappa shape index (κ3) is 9.13. The van der Waals surface area contributed by atoms with E-state index < -0.39 is 0 Å². The van der Waals surface area contributed by atoms with E-state index in [0.29, 0.717) is 49.3 Å². The lowest BCUT2D eigenvalue weighted by molar-refractivity contribution is -0.121. The highest BCUT2D eigenvalue weighted by atomic mass is 35.5. The molecule has 3 aromatic carbocycles. The summed E-state index contributed by atoms with van der Waals surface area (Å²) in [4.78, 5) is 24.1. The van der Waals surface area contributed by atoms with Gasteiger partial charge >= 0.3 is 0 Å². The maximum Gasteiger partial charge on any atom is 0.240 e. The van der Waals surface area contributed by atoms with Gasteiger partial charge in [-0.3, -0.25) is 9.59 Å². The van der Waals surface area contributed by atoms with Crippen molar-refractivity contribution in [3.05, 3.63) is 85.8 Å². The van der Waals surface area contributed by atoms with Gasteiger partial charge in [-0.2, -0.15) is 5.10 Å². The second kappa shape index (κ2) is 14.1. The van der Waals surface area contributed by atoms with E-state index in [9.17, 15) is 9.59 Å². The minimum absolute atomic E-state index is 0.136. The van der Waals surface area contributed by atoms with Crippen molar-refractivity contribution in [3.8, 4) is 11.5 Å². The summed E-state index contributed by atoms with van der Waals surface area (Å²) in [5, 5.41) is 8.35. The predicted molar refractivity (Wildman–Crippen MR) is 148 cm³/mol. The number of hydrazone groups is 1. The van der Waals surface area contributed by atoms with Crippen LogP contribution < -0.4 is 20.2 Å². The lowest BCUT2D eigenvalue weighted by Crippen LogP contribution is -2.18. The second-order valence-electron chi connectivity index (χ2n) is 7.77. The van der Waals surface area contributed by atoms with Crippen molar-refractivity contribution in [1.82, 2.24) is 5.43 Å². The number of nitrogens with zero attached hydrogens (tertiary/aromatic N) is 1. The Morgan fingerprint density at radius 2 is 1.54 bits per heavy atom. The molecule has 3 rings (SSSR count). The van der Waals surface area contributed by atoms with E-state index in [4.69, 9.17) is 55.9 Å². The Balaban J connectivity index is 1.43. The predicted octanol–water partition coefficient (Wildman–Crippen LogP) is 7.15. The number of ether oxygens (including phenoxy) is 2. The standard InChI is InChI=1S/C26H23Cl4N3O4/c1-36-24-12-16(6-10-23(24)37-15-17-5-8-19(27)21(29)11-17)14-31-33-26(35)4-2-3-25(34)32-18-7-9-20(28)22(30)13-18/h5-14H,2-4,15H2,1H3,(H,32,34)(H,33,35)/b31-14-. The molecule has 0 aliphatic rings. The third-order valence-electron chi connectivity index (χ3n) is 4.98. The molecule has 0 fully saturated rings. The zero-order valence-electron chi connectivity index (χ0n) is 19.7. The third-order valence-corrected chi connectivity index (χ3v) is 6.46. The van der Waals surface area contributed by atoms with Gasteiger partial charge in [-0.05, 0) is 66.1 Å². The quantitative estimate of drug-likeness (QED) is 0.186. The summed E-state index contributed by atoms with van der Waals surface area (Å²) in [6, 6.07) is 15.3. The topological polar surface area (TPSA) is 89.0 Å². The number of carbonyl (C=O) groups is 2. The van der Waals surface area contributed by atoms with Crippen molar-refractivity contribution in [2.45, 2.75) is 25.9 Å². The van der Waals surface area contributed by atoms with Gasteiger partial charge in [0.2, 0.25) is 11.8 Å². The van der Waals surface area contributed by atoms with Gasteiger partial charge in [-0.1, -0.05) is 52.5 Å². The van der Waals surface area contributed by atoms with Crippen LogP contribution in [0.2, 0.25) is 20.1 Å². The van der Waals surface area contributed by atoms with E-state index >= 15 is 0 Å². The molecule has 0 saturated heterocycles. The largest absolute Gasteiger partial charge is 0.493 e. The maximum absolute atomic E-state index is 12.1. The van der Waals surface area contributed by atoms with Gasteiger partial charge in [0.1, 0.15) is 6.61 Å². The Bertz CT molecular complexity index is 1300. The molecule has 0 aliphatic heterocycles. The fourth-order valence-electron chi connectivity index (χ4n) is 3.12. The summed E-state index contributed by atoms with van der Waals surface area (Å²) < 4.78 is 11.2. The molecule has 3 aromatic rings. The Morgan fingerprint density at radius 1 is 0.838 bits per heavy atom. The number of methoxy groups -OCH3 is 1. The number of carbonyl (C=O) groups excluding carboxylic acids is 2. The Morgan fingerprint density at radius 3 is 2.24 bits per heavy atom. The van der Waals surface area contributed by atoms with Gasteiger partial charge in [0, 0.05) is 18.5 Å². The second-order valence-corrected chi connectivity index (χ2v) is 9.40. The van der Waals surface area contributed by atoms with Crippen LogP contribution in [-0.2, 0) is 16.2 Å². The molecule has 2 amide bonds. The molecule has 194 valence electrons. The molecule has 0 heterocycles. The molecule has 0 aliphatic carbocycles. The van der Waals surface area contributed by atoms with Gasteiger partial charge < -0.3 is 14.8 Å². The molecule has 37 heavy (non-hydrogen) atoms. The van der Waals surface area contributed by atoms with Crippen LogP contribution in [0.25, 0.3) is 0 Å². The van der Waals surface area contributed by atoms with Crippen LogP contribution in [0.3, 0.4) is 0 Å². The first kappa shape index (κ1) is 28.6. The zero-order chi connectivity index (χ0) is 26.8. The summed E-state index contributed by atoms with van der Waals surface area (Å²) in [5.41, 5.74) is 4.54. The Hall–Kier alpha value is -2.97. The minimum atomic E-state index is -0.313. The van der Waals surface area contributed by atoms with Crippen LogP contribution >= 0.6 is 46.4 Å². The van der Waals surface area contributed by atoms with Crippen molar-refractivity contribution in [2.75, 3.05) is 12.4 Å². The van der Waals surface area contributed by atoms with Crippen molar-refractivity contribution < 1.29 is 19.1 Å². The Kier molecular flexibility index (Phi) is 10.9. The zero-order valence-corrected chi connectivity index (χ0v) is 22.7. The molecule has 0 bridgehead atoms. The van der Waals surface area contributed by atoms with Crippen LogP contribution in [0.5, 0.6) is 11.5 Å². The van der Waals surface area contributed by atoms with Gasteiger partial charge in [-0.15, -0.1) is 0 Å². The smallest absolute Gasteiger partial charge is 0.240 e. The fourth-order valence-corrected chi connectivity index (χ4v) is 3.73. The molecular weight excluding hydrogens is 560 g/mol. The van der Waals surface area contributed by atoms with Gasteiger partial charge in [-0.25, -0.2) is 5.43 Å². The van der Waals surface area contributed by atoms with Crippen LogP contribution in [0.15, 0.2) is 59.7 Å². The van der Waals surface area contributed by atoms with Crippen LogP contribution in [0.4, 0.5) is 5.69 Å². The molecule has 0 spiro atoms. The van der Waals surface area contributed by atoms with E-state index in [1.807, 2.05) is 6.07 Å². The number of amides is 2. The molecule has 7 nitrogen and oxygen atoms in total. The highest BCUT2D eigenvalue weighted by Crippen LogP contribution is 2.29. The normalized spacial score (nSPS) is 10.8. The number of rotatable bonds is 11. The van der Waals surface area contributed by atoms with E-state index in [2.05, 4.69) is 15.8 Å². The van der Waals surface area contributed by atoms with Crippen molar-refractivity contribution in [2.24, 2.45) is 5.10 Å². The SMILES string of the molecule is COc1cc(/C=N\NC(=O)CCCC(=O)Nc2ccc(Cl)c(Cl)c2)ccc1OCc1ccc(Cl)c(Cl)c1. The molecule has 0 aromatic heterocycles. The highest BCUT2D eigenvalue weighted by Gasteiger charge is 2.09. The molecule has 0 unspecified atom stereocenters. The number of anilines is 1. The average Bonchev–Trinajstić information content (AvgIpc) is 2.87. The Labute approximate surface area is 234 Å². The first-order chi connectivity index (χ1) is 17.7. The average molecular weight is 583 g/mol. The molecule has 0 atom stereocenters. The lowest BCUT2D eigenvalue weighted by atomic mass is 10.2. The van der Waals surface area contributed by atoms with Crippen molar-refractivity contribution >= 4 is 70.1 Å². The number of hydrogen-bond acceptors (Lipinski definition) is 5. The summed E-state index contributed by atoms with van der Waals surface area (Å²) in [6.45, 7) is 0.280. The molecular formula is C26H23Cl4N3O4. The van der Waals surface area contributed by atoms with Crippen LogP contribution in [-0.4, -0.2) is 25.1 Å². The molecule has 0 saturated carbocycles. The first-order valence-corrected chi connectivity index (χ1v) is 12.6. The fraction of sp³-hybridized carbons (Fsp3) is 0.192. The maximum atomic E-state index is 12.1. The van der Waals surface area contributed by atoms with Gasteiger partial charge in [0.25, 0.3) is 0 Å². The first-order valence-electron chi connectivity index (χ1n) is 11.1. The van der Waals surface area contributed by atoms with Gasteiger partial charge in [0.05, 0.1) is 33.4 Å². The van der Waals surface area contributed by atoms with Crippen LogP contribution in [0, 0.1) is 0 Å². The molecule has 0 radical (unpaired) electrons. The minimum Gasteiger partial charge on any atom is -0.493 e. The number of nitrogens with one attached hydrogen (secondary N) is 2. The van der Waals surface area contributed by atoms with E-state index in [1.165, 1.54) is 13.3 Å². The van der Waals surface area contributed by atoms with E-state index in [0.717, 1.165) is 5.56 Å². The van der Waals surface area contributed by atoms with Crippen LogP contribution in [0.1, 0.15) is 30.4 Å².